The number of furan rings is 1. The highest BCUT2D eigenvalue weighted by atomic mass is 35.5. The molecule has 0 saturated carbocycles. The van der Waals surface area contributed by atoms with Gasteiger partial charge < -0.3 is 4.42 Å². The fourth-order valence-corrected chi connectivity index (χ4v) is 4.20. The molecule has 1 aliphatic rings. The van der Waals surface area contributed by atoms with Crippen molar-refractivity contribution in [1.82, 2.24) is 4.90 Å². The van der Waals surface area contributed by atoms with Crippen molar-refractivity contribution < 1.29 is 14.0 Å². The standard InChI is InChI=1S/C21H12Cl3NO3S/c22-14-4-1-12(2-5-14)18-8-7-16(28-18)10-19-20(26)25(21(27)29-19)11-13-3-6-15(23)9-17(13)24/h1-10H,11H2/b19-10+. The Balaban J connectivity index is 1.54. The second kappa shape index (κ2) is 8.28. The third-order valence-corrected chi connectivity index (χ3v) is 5.99. The monoisotopic (exact) mass is 463 g/mol. The first-order valence-electron chi connectivity index (χ1n) is 8.46. The molecule has 29 heavy (non-hydrogen) atoms. The maximum atomic E-state index is 12.7. The van der Waals surface area contributed by atoms with Gasteiger partial charge >= 0.3 is 0 Å². The smallest absolute Gasteiger partial charge is 0.293 e. The number of nitrogens with zero attached hydrogens (tertiary/aromatic N) is 1. The zero-order valence-electron chi connectivity index (χ0n) is 14.7. The lowest BCUT2D eigenvalue weighted by molar-refractivity contribution is -0.123. The van der Waals surface area contributed by atoms with Crippen LogP contribution in [0, 0.1) is 0 Å². The Morgan fingerprint density at radius 3 is 2.38 bits per heavy atom. The highest BCUT2D eigenvalue weighted by Crippen LogP contribution is 2.35. The van der Waals surface area contributed by atoms with Crippen molar-refractivity contribution >= 4 is 63.8 Å². The molecule has 1 aliphatic heterocycles. The van der Waals surface area contributed by atoms with Gasteiger partial charge in [-0.15, -0.1) is 0 Å². The van der Waals surface area contributed by atoms with E-state index in [9.17, 15) is 9.59 Å². The van der Waals surface area contributed by atoms with Crippen LogP contribution in [0.3, 0.4) is 0 Å². The summed E-state index contributed by atoms with van der Waals surface area (Å²) in [6.07, 6.45) is 1.56. The van der Waals surface area contributed by atoms with Gasteiger partial charge in [0.05, 0.1) is 11.4 Å². The topological polar surface area (TPSA) is 50.5 Å². The number of rotatable bonds is 4. The highest BCUT2D eigenvalue weighted by molar-refractivity contribution is 8.18. The van der Waals surface area contributed by atoms with Gasteiger partial charge in [0, 0.05) is 26.7 Å². The fraction of sp³-hybridized carbons (Fsp3) is 0.0476. The molecule has 2 aromatic carbocycles. The molecule has 0 radical (unpaired) electrons. The van der Waals surface area contributed by atoms with Crippen LogP contribution in [0.5, 0.6) is 0 Å². The quantitative estimate of drug-likeness (QED) is 0.385. The second-order valence-electron chi connectivity index (χ2n) is 6.21. The predicted octanol–water partition coefficient (Wildman–Crippen LogP) is 7.14. The van der Waals surface area contributed by atoms with Crippen molar-refractivity contribution in [3.8, 4) is 11.3 Å². The lowest BCUT2D eigenvalue weighted by atomic mass is 10.2. The van der Waals surface area contributed by atoms with Gasteiger partial charge in [0.25, 0.3) is 11.1 Å². The predicted molar refractivity (Wildman–Crippen MR) is 117 cm³/mol. The van der Waals surface area contributed by atoms with E-state index >= 15 is 0 Å². The normalized spacial score (nSPS) is 15.6. The SMILES string of the molecule is O=C1S/C(=C/c2ccc(-c3ccc(Cl)cc3)o2)C(=O)N1Cc1ccc(Cl)cc1Cl. The lowest BCUT2D eigenvalue weighted by Crippen LogP contribution is -2.27. The number of carbonyl (C=O) groups excluding carboxylic acids is 2. The van der Waals surface area contributed by atoms with Gasteiger partial charge in [0.15, 0.2) is 0 Å². The second-order valence-corrected chi connectivity index (χ2v) is 8.49. The molecule has 0 N–H and O–H groups in total. The Morgan fingerprint density at radius 1 is 0.931 bits per heavy atom. The number of hydrogen-bond acceptors (Lipinski definition) is 4. The van der Waals surface area contributed by atoms with E-state index in [1.807, 2.05) is 12.1 Å². The van der Waals surface area contributed by atoms with E-state index in [0.29, 0.717) is 32.2 Å². The van der Waals surface area contributed by atoms with Crippen LogP contribution in [0.15, 0.2) is 63.9 Å². The van der Waals surface area contributed by atoms with E-state index in [0.717, 1.165) is 22.2 Å². The van der Waals surface area contributed by atoms with Gasteiger partial charge in [-0.3, -0.25) is 14.5 Å². The fourth-order valence-electron chi connectivity index (χ4n) is 2.79. The van der Waals surface area contributed by atoms with Crippen LogP contribution >= 0.6 is 46.6 Å². The summed E-state index contributed by atoms with van der Waals surface area (Å²) in [6, 6.07) is 15.7. The molecule has 0 spiro atoms. The molecule has 0 bridgehead atoms. The zero-order valence-corrected chi connectivity index (χ0v) is 17.8. The molecule has 1 fully saturated rings. The summed E-state index contributed by atoms with van der Waals surface area (Å²) in [6.45, 7) is 0.0756. The minimum atomic E-state index is -0.393. The molecule has 2 heterocycles. The van der Waals surface area contributed by atoms with Crippen LogP contribution in [0.1, 0.15) is 11.3 Å². The summed E-state index contributed by atoms with van der Waals surface area (Å²) in [5.41, 5.74) is 1.50. The molecule has 8 heteroatoms. The third kappa shape index (κ3) is 4.38. The van der Waals surface area contributed by atoms with Crippen LogP contribution in [-0.4, -0.2) is 16.0 Å². The first-order chi connectivity index (χ1) is 13.9. The molecule has 146 valence electrons. The van der Waals surface area contributed by atoms with E-state index in [-0.39, 0.29) is 16.7 Å². The first-order valence-corrected chi connectivity index (χ1v) is 10.4. The number of thioether (sulfide) groups is 1. The van der Waals surface area contributed by atoms with Gasteiger partial charge in [0.2, 0.25) is 0 Å². The molecular weight excluding hydrogens is 453 g/mol. The Labute approximate surface area is 186 Å². The van der Waals surface area contributed by atoms with Crippen LogP contribution < -0.4 is 0 Å². The molecule has 2 amide bonds. The van der Waals surface area contributed by atoms with E-state index in [4.69, 9.17) is 39.2 Å². The number of halogens is 3. The number of amides is 2. The number of carbonyl (C=O) groups is 2. The summed E-state index contributed by atoms with van der Waals surface area (Å²) in [7, 11) is 0. The van der Waals surface area contributed by atoms with E-state index in [2.05, 4.69) is 0 Å². The minimum absolute atomic E-state index is 0.0756. The van der Waals surface area contributed by atoms with Crippen molar-refractivity contribution in [2.45, 2.75) is 6.54 Å². The first kappa shape index (κ1) is 20.1. The van der Waals surface area contributed by atoms with Crippen molar-refractivity contribution in [3.05, 3.63) is 85.9 Å². The van der Waals surface area contributed by atoms with Crippen molar-refractivity contribution in [2.75, 3.05) is 0 Å². The lowest BCUT2D eigenvalue weighted by Gasteiger charge is -2.13. The van der Waals surface area contributed by atoms with Crippen LogP contribution in [0.2, 0.25) is 15.1 Å². The molecule has 3 aromatic rings. The third-order valence-electron chi connectivity index (χ3n) is 4.25. The maximum absolute atomic E-state index is 12.7. The van der Waals surface area contributed by atoms with Gasteiger partial charge in [-0.05, 0) is 65.9 Å². The summed E-state index contributed by atoms with van der Waals surface area (Å²) in [5, 5.41) is 1.16. The van der Waals surface area contributed by atoms with Crippen LogP contribution in [-0.2, 0) is 11.3 Å². The summed E-state index contributed by atoms with van der Waals surface area (Å²) < 4.78 is 5.79. The molecule has 0 aliphatic carbocycles. The Morgan fingerprint density at radius 2 is 1.66 bits per heavy atom. The summed E-state index contributed by atoms with van der Waals surface area (Å²) in [4.78, 5) is 26.5. The zero-order chi connectivity index (χ0) is 20.5. The Hall–Kier alpha value is -2.18. The Bertz CT molecular complexity index is 1140. The van der Waals surface area contributed by atoms with E-state index in [1.165, 1.54) is 0 Å². The van der Waals surface area contributed by atoms with E-state index < -0.39 is 5.91 Å². The molecule has 4 rings (SSSR count). The minimum Gasteiger partial charge on any atom is -0.457 e. The number of hydrogen-bond donors (Lipinski definition) is 0. The molecule has 4 nitrogen and oxygen atoms in total. The highest BCUT2D eigenvalue weighted by Gasteiger charge is 2.35. The van der Waals surface area contributed by atoms with Gasteiger partial charge in [0.1, 0.15) is 11.5 Å². The van der Waals surface area contributed by atoms with Gasteiger partial charge in [-0.2, -0.15) is 0 Å². The average Bonchev–Trinajstić information content (AvgIpc) is 3.25. The van der Waals surface area contributed by atoms with Crippen molar-refractivity contribution in [2.24, 2.45) is 0 Å². The average molecular weight is 465 g/mol. The summed E-state index contributed by atoms with van der Waals surface area (Å²) >= 11 is 18.8. The largest absolute Gasteiger partial charge is 0.457 e. The molecular formula is C21H12Cl3NO3S. The van der Waals surface area contributed by atoms with E-state index in [1.54, 1.807) is 48.5 Å². The molecule has 1 aromatic heterocycles. The number of benzene rings is 2. The van der Waals surface area contributed by atoms with Gasteiger partial charge in [-0.1, -0.05) is 40.9 Å². The van der Waals surface area contributed by atoms with Crippen molar-refractivity contribution in [3.63, 3.8) is 0 Å². The van der Waals surface area contributed by atoms with Crippen LogP contribution in [0.25, 0.3) is 17.4 Å². The molecule has 1 saturated heterocycles. The van der Waals surface area contributed by atoms with Gasteiger partial charge in [-0.25, -0.2) is 0 Å². The van der Waals surface area contributed by atoms with Crippen LogP contribution in [0.4, 0.5) is 4.79 Å². The summed E-state index contributed by atoms with van der Waals surface area (Å²) in [5.74, 6) is 0.723. The maximum Gasteiger partial charge on any atom is 0.293 e. The number of imide groups is 1. The Kier molecular flexibility index (Phi) is 5.74. The molecule has 0 unspecified atom stereocenters. The van der Waals surface area contributed by atoms with Crippen molar-refractivity contribution in [1.29, 1.82) is 0 Å². The molecule has 0 atom stereocenters.